The van der Waals surface area contributed by atoms with Crippen molar-refractivity contribution in [3.05, 3.63) is 0 Å². The van der Waals surface area contributed by atoms with E-state index in [0.717, 1.165) is 11.8 Å². The maximum absolute atomic E-state index is 3.45. The van der Waals surface area contributed by atoms with Crippen LogP contribution in [0.4, 0.5) is 0 Å². The van der Waals surface area contributed by atoms with E-state index in [-0.39, 0.29) is 0 Å². The van der Waals surface area contributed by atoms with Crippen LogP contribution in [0, 0.1) is 11.8 Å². The molecule has 2 heterocycles. The van der Waals surface area contributed by atoms with E-state index in [0.29, 0.717) is 0 Å². The first kappa shape index (κ1) is 9.47. The largest absolute Gasteiger partial charge is 0.317 e. The van der Waals surface area contributed by atoms with Crippen LogP contribution in [0.15, 0.2) is 0 Å². The van der Waals surface area contributed by atoms with Gasteiger partial charge in [-0.1, -0.05) is 0 Å². The van der Waals surface area contributed by atoms with Crippen molar-refractivity contribution in [2.75, 3.05) is 33.2 Å². The van der Waals surface area contributed by atoms with E-state index in [4.69, 9.17) is 0 Å². The third-order valence-electron chi connectivity index (χ3n) is 3.71. The number of hydrogen-bond acceptors (Lipinski definition) is 2. The zero-order valence-corrected chi connectivity index (χ0v) is 8.76. The molecular formula is C11H22N2. The van der Waals surface area contributed by atoms with Crippen molar-refractivity contribution >= 4 is 0 Å². The molecule has 1 unspecified atom stereocenters. The molecule has 0 aromatic carbocycles. The highest BCUT2D eigenvalue weighted by atomic mass is 15.1. The van der Waals surface area contributed by atoms with Gasteiger partial charge < -0.3 is 10.2 Å². The van der Waals surface area contributed by atoms with Crippen LogP contribution in [-0.2, 0) is 0 Å². The second kappa shape index (κ2) is 4.43. The summed E-state index contributed by atoms with van der Waals surface area (Å²) in [6.07, 6.45) is 5.73. The molecule has 2 heteroatoms. The van der Waals surface area contributed by atoms with Crippen LogP contribution in [0.1, 0.15) is 25.7 Å². The Kier molecular flexibility index (Phi) is 3.23. The van der Waals surface area contributed by atoms with Crippen molar-refractivity contribution in [2.45, 2.75) is 25.7 Å². The van der Waals surface area contributed by atoms with Crippen molar-refractivity contribution in [3.8, 4) is 0 Å². The van der Waals surface area contributed by atoms with Crippen LogP contribution in [0.3, 0.4) is 0 Å². The van der Waals surface area contributed by atoms with Gasteiger partial charge in [-0.3, -0.25) is 0 Å². The van der Waals surface area contributed by atoms with Crippen LogP contribution in [0.5, 0.6) is 0 Å². The molecule has 0 aromatic rings. The summed E-state index contributed by atoms with van der Waals surface area (Å²) in [7, 11) is 2.27. The zero-order chi connectivity index (χ0) is 9.10. The molecule has 1 atom stereocenters. The third-order valence-corrected chi connectivity index (χ3v) is 3.71. The Morgan fingerprint density at radius 2 is 1.85 bits per heavy atom. The molecule has 0 amide bonds. The molecule has 0 spiro atoms. The highest BCUT2D eigenvalue weighted by molar-refractivity contribution is 4.80. The molecule has 0 aliphatic carbocycles. The molecule has 2 rings (SSSR count). The van der Waals surface area contributed by atoms with E-state index >= 15 is 0 Å². The van der Waals surface area contributed by atoms with Gasteiger partial charge in [0.25, 0.3) is 0 Å². The summed E-state index contributed by atoms with van der Waals surface area (Å²) in [5.41, 5.74) is 0. The molecule has 2 nitrogen and oxygen atoms in total. The summed E-state index contributed by atoms with van der Waals surface area (Å²) in [5.74, 6) is 2.02. The Hall–Kier alpha value is -0.0800. The van der Waals surface area contributed by atoms with E-state index in [1.54, 1.807) is 0 Å². The molecule has 13 heavy (non-hydrogen) atoms. The number of hydrogen-bond donors (Lipinski definition) is 1. The summed E-state index contributed by atoms with van der Waals surface area (Å²) >= 11 is 0. The van der Waals surface area contributed by atoms with Crippen molar-refractivity contribution in [2.24, 2.45) is 11.8 Å². The van der Waals surface area contributed by atoms with E-state index in [1.807, 2.05) is 0 Å². The van der Waals surface area contributed by atoms with E-state index < -0.39 is 0 Å². The summed E-state index contributed by atoms with van der Waals surface area (Å²) in [6, 6.07) is 0. The summed E-state index contributed by atoms with van der Waals surface area (Å²) in [4.78, 5) is 2.51. The number of likely N-dealkylation sites (tertiary alicyclic amines) is 1. The first-order chi connectivity index (χ1) is 6.36. The van der Waals surface area contributed by atoms with E-state index in [1.165, 1.54) is 51.9 Å². The molecule has 0 bridgehead atoms. The number of nitrogens with zero attached hydrogens (tertiary/aromatic N) is 1. The van der Waals surface area contributed by atoms with Crippen molar-refractivity contribution in [3.63, 3.8) is 0 Å². The maximum atomic E-state index is 3.45. The Labute approximate surface area is 81.7 Å². The van der Waals surface area contributed by atoms with Gasteiger partial charge in [0.1, 0.15) is 0 Å². The summed E-state index contributed by atoms with van der Waals surface area (Å²) in [6.45, 7) is 5.18. The average molecular weight is 182 g/mol. The van der Waals surface area contributed by atoms with E-state index in [9.17, 15) is 0 Å². The van der Waals surface area contributed by atoms with Gasteiger partial charge in [0.15, 0.2) is 0 Å². The fourth-order valence-electron chi connectivity index (χ4n) is 2.91. The standard InChI is InChI=1S/C11H22N2/c1-13-8-2-3-11(9-13)10-4-6-12-7-5-10/h10-12H,2-9H2,1H3. The highest BCUT2D eigenvalue weighted by Gasteiger charge is 2.26. The number of rotatable bonds is 1. The van der Waals surface area contributed by atoms with E-state index in [2.05, 4.69) is 17.3 Å². The topological polar surface area (TPSA) is 15.3 Å². The quantitative estimate of drug-likeness (QED) is 0.658. The second-order valence-corrected chi connectivity index (χ2v) is 4.75. The fraction of sp³-hybridized carbons (Fsp3) is 1.00. The third kappa shape index (κ3) is 2.44. The van der Waals surface area contributed by atoms with Crippen LogP contribution in [0.2, 0.25) is 0 Å². The fourth-order valence-corrected chi connectivity index (χ4v) is 2.91. The number of piperidine rings is 2. The van der Waals surface area contributed by atoms with Crippen molar-refractivity contribution in [1.82, 2.24) is 10.2 Å². The monoisotopic (exact) mass is 182 g/mol. The van der Waals surface area contributed by atoms with Crippen LogP contribution in [0.25, 0.3) is 0 Å². The number of nitrogens with one attached hydrogen (secondary N) is 1. The normalized spacial score (nSPS) is 33.5. The minimum Gasteiger partial charge on any atom is -0.317 e. The Morgan fingerprint density at radius 3 is 2.54 bits per heavy atom. The molecule has 2 aliphatic heterocycles. The maximum Gasteiger partial charge on any atom is 0.000928 e. The average Bonchev–Trinajstić information content (AvgIpc) is 2.19. The summed E-state index contributed by atoms with van der Waals surface area (Å²) < 4.78 is 0. The lowest BCUT2D eigenvalue weighted by atomic mass is 9.80. The van der Waals surface area contributed by atoms with Gasteiger partial charge in [0.2, 0.25) is 0 Å². The SMILES string of the molecule is CN1CCCC(C2CCNCC2)C1. The minimum absolute atomic E-state index is 1.00. The van der Waals surface area contributed by atoms with Gasteiger partial charge in [-0.2, -0.15) is 0 Å². The highest BCUT2D eigenvalue weighted by Crippen LogP contribution is 2.28. The van der Waals surface area contributed by atoms with Crippen LogP contribution in [-0.4, -0.2) is 38.1 Å². The van der Waals surface area contributed by atoms with Gasteiger partial charge in [-0.25, -0.2) is 0 Å². The Morgan fingerprint density at radius 1 is 1.08 bits per heavy atom. The van der Waals surface area contributed by atoms with Crippen molar-refractivity contribution in [1.29, 1.82) is 0 Å². The molecule has 0 aromatic heterocycles. The lowest BCUT2D eigenvalue weighted by Crippen LogP contribution is -2.39. The Balaban J connectivity index is 1.83. The van der Waals surface area contributed by atoms with Gasteiger partial charge in [0, 0.05) is 6.54 Å². The van der Waals surface area contributed by atoms with Gasteiger partial charge >= 0.3 is 0 Å². The predicted octanol–water partition coefficient (Wildman–Crippen LogP) is 1.33. The molecule has 2 aliphatic rings. The minimum atomic E-state index is 1.00. The molecule has 76 valence electrons. The molecule has 1 N–H and O–H groups in total. The summed E-state index contributed by atoms with van der Waals surface area (Å²) in [5, 5.41) is 3.45. The smallest absolute Gasteiger partial charge is 0.000928 e. The lowest BCUT2D eigenvalue weighted by Gasteiger charge is -2.37. The molecule has 0 saturated carbocycles. The Bertz CT molecular complexity index is 152. The van der Waals surface area contributed by atoms with Crippen LogP contribution >= 0.6 is 0 Å². The van der Waals surface area contributed by atoms with Crippen LogP contribution < -0.4 is 5.32 Å². The molecule has 2 fully saturated rings. The molecule has 2 saturated heterocycles. The molecular weight excluding hydrogens is 160 g/mol. The lowest BCUT2D eigenvalue weighted by molar-refractivity contribution is 0.138. The van der Waals surface area contributed by atoms with Gasteiger partial charge in [0.05, 0.1) is 0 Å². The first-order valence-corrected chi connectivity index (χ1v) is 5.75. The predicted molar refractivity (Wildman–Crippen MR) is 55.8 cm³/mol. The van der Waals surface area contributed by atoms with Crippen molar-refractivity contribution < 1.29 is 0 Å². The van der Waals surface area contributed by atoms with Gasteiger partial charge in [-0.05, 0) is 64.2 Å². The zero-order valence-electron chi connectivity index (χ0n) is 8.76. The van der Waals surface area contributed by atoms with Gasteiger partial charge in [-0.15, -0.1) is 0 Å². The molecule has 0 radical (unpaired) electrons. The second-order valence-electron chi connectivity index (χ2n) is 4.75. The first-order valence-electron chi connectivity index (χ1n) is 5.75.